The third kappa shape index (κ3) is 2.68. The summed E-state index contributed by atoms with van der Waals surface area (Å²) >= 11 is 8.16. The number of hydrogen-bond donors (Lipinski definition) is 1. The molecule has 0 saturated heterocycles. The number of nitrogens with zero attached hydrogens (tertiary/aromatic N) is 2. The minimum atomic E-state index is 0.758. The fourth-order valence-corrected chi connectivity index (χ4v) is 2.44. The van der Waals surface area contributed by atoms with E-state index in [9.17, 15) is 0 Å². The fourth-order valence-electron chi connectivity index (χ4n) is 1.37. The molecule has 1 heterocycles. The van der Waals surface area contributed by atoms with Crippen LogP contribution in [0, 0.1) is 3.57 Å². The second kappa shape index (κ2) is 5.05. The molecule has 0 bridgehead atoms. The molecule has 0 aliphatic carbocycles. The normalized spacial score (nSPS) is 10.4. The molecular formula is C11H11ClIN3. The SMILES string of the molecule is Cn1cncc1CNc1ccc(Cl)cc1I. The molecule has 1 aromatic heterocycles. The van der Waals surface area contributed by atoms with Gasteiger partial charge in [-0.25, -0.2) is 4.98 Å². The molecular weight excluding hydrogens is 336 g/mol. The quantitative estimate of drug-likeness (QED) is 0.864. The van der Waals surface area contributed by atoms with Gasteiger partial charge in [-0.2, -0.15) is 0 Å². The first-order valence-corrected chi connectivity index (χ1v) is 6.26. The average Bonchev–Trinajstić information content (AvgIpc) is 2.63. The van der Waals surface area contributed by atoms with Gasteiger partial charge >= 0.3 is 0 Å². The molecule has 84 valence electrons. The fraction of sp³-hybridized carbons (Fsp3) is 0.182. The number of halogens is 2. The number of hydrogen-bond acceptors (Lipinski definition) is 2. The molecule has 1 aromatic carbocycles. The Morgan fingerprint density at radius 2 is 2.31 bits per heavy atom. The van der Waals surface area contributed by atoms with Crippen molar-refractivity contribution < 1.29 is 0 Å². The number of aryl methyl sites for hydroxylation is 1. The Kier molecular flexibility index (Phi) is 3.70. The second-order valence-electron chi connectivity index (χ2n) is 3.47. The lowest BCUT2D eigenvalue weighted by Gasteiger charge is -2.09. The highest BCUT2D eigenvalue weighted by Gasteiger charge is 2.02. The predicted octanol–water partition coefficient (Wildman–Crippen LogP) is 3.29. The Hall–Kier alpha value is -0.750. The molecule has 3 nitrogen and oxygen atoms in total. The molecule has 2 aromatic rings. The summed E-state index contributed by atoms with van der Waals surface area (Å²) in [4.78, 5) is 4.07. The molecule has 0 saturated carbocycles. The van der Waals surface area contributed by atoms with Crippen LogP contribution in [0.25, 0.3) is 0 Å². The van der Waals surface area contributed by atoms with E-state index >= 15 is 0 Å². The highest BCUT2D eigenvalue weighted by molar-refractivity contribution is 14.1. The molecule has 0 aliphatic rings. The molecule has 0 fully saturated rings. The van der Waals surface area contributed by atoms with Crippen molar-refractivity contribution in [3.8, 4) is 0 Å². The number of rotatable bonds is 3. The van der Waals surface area contributed by atoms with E-state index in [1.54, 1.807) is 6.33 Å². The zero-order valence-electron chi connectivity index (χ0n) is 8.74. The molecule has 0 aliphatic heterocycles. The molecule has 0 atom stereocenters. The van der Waals surface area contributed by atoms with Gasteiger partial charge in [-0.05, 0) is 40.8 Å². The van der Waals surface area contributed by atoms with Gasteiger partial charge in [-0.3, -0.25) is 0 Å². The molecule has 16 heavy (non-hydrogen) atoms. The minimum Gasteiger partial charge on any atom is -0.379 e. The lowest BCUT2D eigenvalue weighted by atomic mass is 10.3. The van der Waals surface area contributed by atoms with Gasteiger partial charge in [0.15, 0.2) is 0 Å². The van der Waals surface area contributed by atoms with Gasteiger partial charge in [-0.15, -0.1) is 0 Å². The van der Waals surface area contributed by atoms with Gasteiger partial charge in [0.25, 0.3) is 0 Å². The van der Waals surface area contributed by atoms with E-state index in [0.29, 0.717) is 0 Å². The molecule has 0 amide bonds. The lowest BCUT2D eigenvalue weighted by Crippen LogP contribution is -2.04. The number of benzene rings is 1. The largest absolute Gasteiger partial charge is 0.379 e. The van der Waals surface area contributed by atoms with Crippen molar-refractivity contribution in [3.63, 3.8) is 0 Å². The third-order valence-electron chi connectivity index (χ3n) is 2.31. The van der Waals surface area contributed by atoms with Crippen LogP contribution in [-0.2, 0) is 13.6 Å². The Labute approximate surface area is 113 Å². The van der Waals surface area contributed by atoms with Crippen molar-refractivity contribution in [1.82, 2.24) is 9.55 Å². The van der Waals surface area contributed by atoms with Crippen molar-refractivity contribution >= 4 is 39.9 Å². The Bertz CT molecular complexity index is 496. The van der Waals surface area contributed by atoms with Crippen LogP contribution in [0.5, 0.6) is 0 Å². The standard InChI is InChI=1S/C11H11ClIN3/c1-16-7-14-5-9(16)6-15-11-3-2-8(12)4-10(11)13/h2-5,7,15H,6H2,1H3. The van der Waals surface area contributed by atoms with Gasteiger partial charge in [0.1, 0.15) is 0 Å². The topological polar surface area (TPSA) is 29.9 Å². The van der Waals surface area contributed by atoms with Crippen LogP contribution in [0.2, 0.25) is 5.02 Å². The zero-order chi connectivity index (χ0) is 11.5. The Balaban J connectivity index is 2.08. The molecule has 2 rings (SSSR count). The first kappa shape index (κ1) is 11.7. The van der Waals surface area contributed by atoms with Gasteiger partial charge in [0, 0.05) is 27.5 Å². The van der Waals surface area contributed by atoms with Crippen molar-refractivity contribution in [2.24, 2.45) is 7.05 Å². The summed E-state index contributed by atoms with van der Waals surface area (Å²) in [6.45, 7) is 0.758. The Morgan fingerprint density at radius 3 is 2.94 bits per heavy atom. The molecule has 0 spiro atoms. The molecule has 0 radical (unpaired) electrons. The number of anilines is 1. The van der Waals surface area contributed by atoms with E-state index < -0.39 is 0 Å². The van der Waals surface area contributed by atoms with Gasteiger partial charge in [-0.1, -0.05) is 11.6 Å². The summed E-state index contributed by atoms with van der Waals surface area (Å²) in [5.41, 5.74) is 2.23. The second-order valence-corrected chi connectivity index (χ2v) is 5.07. The molecule has 5 heteroatoms. The first-order chi connectivity index (χ1) is 7.66. The average molecular weight is 348 g/mol. The summed E-state index contributed by atoms with van der Waals surface area (Å²) < 4.78 is 3.11. The summed E-state index contributed by atoms with van der Waals surface area (Å²) in [5, 5.41) is 4.12. The summed E-state index contributed by atoms with van der Waals surface area (Å²) in [6.07, 6.45) is 3.65. The van der Waals surface area contributed by atoms with Crippen LogP contribution in [-0.4, -0.2) is 9.55 Å². The Morgan fingerprint density at radius 1 is 1.50 bits per heavy atom. The summed E-state index contributed by atoms with van der Waals surface area (Å²) in [6, 6.07) is 5.81. The minimum absolute atomic E-state index is 0.758. The van der Waals surface area contributed by atoms with Gasteiger partial charge in [0.05, 0.1) is 18.6 Å². The van der Waals surface area contributed by atoms with E-state index in [4.69, 9.17) is 11.6 Å². The summed E-state index contributed by atoms with van der Waals surface area (Å²) in [7, 11) is 1.98. The highest BCUT2D eigenvalue weighted by atomic mass is 127. The number of aromatic nitrogens is 2. The van der Waals surface area contributed by atoms with E-state index in [-0.39, 0.29) is 0 Å². The van der Waals surface area contributed by atoms with Crippen molar-refractivity contribution in [3.05, 3.63) is 45.0 Å². The number of imidazole rings is 1. The van der Waals surface area contributed by atoms with Gasteiger partial charge in [0.2, 0.25) is 0 Å². The lowest BCUT2D eigenvalue weighted by molar-refractivity contribution is 0.837. The van der Waals surface area contributed by atoms with Gasteiger partial charge < -0.3 is 9.88 Å². The maximum absolute atomic E-state index is 5.90. The molecule has 0 unspecified atom stereocenters. The van der Waals surface area contributed by atoms with Crippen molar-refractivity contribution in [2.45, 2.75) is 6.54 Å². The zero-order valence-corrected chi connectivity index (χ0v) is 11.7. The van der Waals surface area contributed by atoms with E-state index in [1.165, 1.54) is 0 Å². The highest BCUT2D eigenvalue weighted by Crippen LogP contribution is 2.22. The van der Waals surface area contributed by atoms with Crippen LogP contribution < -0.4 is 5.32 Å². The van der Waals surface area contributed by atoms with E-state index in [2.05, 4.69) is 32.9 Å². The van der Waals surface area contributed by atoms with Crippen molar-refractivity contribution in [1.29, 1.82) is 0 Å². The van der Waals surface area contributed by atoms with Crippen LogP contribution in [0.4, 0.5) is 5.69 Å². The first-order valence-electron chi connectivity index (χ1n) is 4.81. The maximum atomic E-state index is 5.90. The monoisotopic (exact) mass is 347 g/mol. The van der Waals surface area contributed by atoms with Crippen LogP contribution >= 0.6 is 34.2 Å². The summed E-state index contributed by atoms with van der Waals surface area (Å²) in [5.74, 6) is 0. The van der Waals surface area contributed by atoms with Crippen LogP contribution in [0.1, 0.15) is 5.69 Å². The van der Waals surface area contributed by atoms with Crippen LogP contribution in [0.15, 0.2) is 30.7 Å². The predicted molar refractivity (Wildman–Crippen MR) is 74.7 cm³/mol. The molecule has 1 N–H and O–H groups in total. The van der Waals surface area contributed by atoms with Crippen molar-refractivity contribution in [2.75, 3.05) is 5.32 Å². The third-order valence-corrected chi connectivity index (χ3v) is 3.44. The number of nitrogens with one attached hydrogen (secondary N) is 1. The smallest absolute Gasteiger partial charge is 0.0946 e. The van der Waals surface area contributed by atoms with E-state index in [1.807, 2.05) is 36.0 Å². The van der Waals surface area contributed by atoms with Crippen LogP contribution in [0.3, 0.4) is 0 Å². The van der Waals surface area contributed by atoms with E-state index in [0.717, 1.165) is 26.5 Å². The maximum Gasteiger partial charge on any atom is 0.0946 e.